The number of Topliss-reactive ketones (excluding diaryl/α,β-unsaturated/α-hetero) is 2. The van der Waals surface area contributed by atoms with Crippen molar-refractivity contribution < 1.29 is 34.1 Å². The van der Waals surface area contributed by atoms with E-state index >= 15 is 0 Å². The van der Waals surface area contributed by atoms with Gasteiger partial charge in [-0.3, -0.25) is 9.59 Å². The van der Waals surface area contributed by atoms with Gasteiger partial charge in [0, 0.05) is 28.5 Å². The van der Waals surface area contributed by atoms with Gasteiger partial charge in [0.25, 0.3) is 0 Å². The Balaban J connectivity index is 1.99. The van der Waals surface area contributed by atoms with Gasteiger partial charge in [0.05, 0.1) is 11.1 Å². The first kappa shape index (κ1) is 29.3. The highest BCUT2D eigenvalue weighted by molar-refractivity contribution is 6.11. The normalized spacial score (nSPS) is 11.1. The second-order valence-electron chi connectivity index (χ2n) is 10.3. The zero-order valence-electron chi connectivity index (χ0n) is 23.1. The largest absolute Gasteiger partial charge is 0.489 e. The average Bonchev–Trinajstić information content (AvgIpc) is 2.87. The smallest absolute Gasteiger partial charge is 0.336 e. The molecule has 0 aromatic heterocycles. The van der Waals surface area contributed by atoms with Crippen LogP contribution in [-0.4, -0.2) is 33.7 Å². The lowest BCUT2D eigenvalue weighted by Gasteiger charge is -2.19. The van der Waals surface area contributed by atoms with Crippen molar-refractivity contribution in [2.75, 3.05) is 0 Å². The third kappa shape index (κ3) is 6.42. The number of carboxylic acid groups (broad SMARTS) is 2. The Morgan fingerprint density at radius 2 is 1.44 bits per heavy atom. The number of ketones is 2. The monoisotopic (exact) mass is 530 g/mol. The van der Waals surface area contributed by atoms with Crippen LogP contribution in [0.2, 0.25) is 0 Å². The summed E-state index contributed by atoms with van der Waals surface area (Å²) < 4.78 is 6.22. The molecule has 0 heterocycles. The molecule has 0 fully saturated rings. The number of aromatic carboxylic acids is 2. The number of carbonyl (C=O) groups is 4. The number of aryl methyl sites for hydroxylation is 1. The number of hydrogen-bond acceptors (Lipinski definition) is 5. The zero-order chi connectivity index (χ0) is 29.0. The third-order valence-electron chi connectivity index (χ3n) is 6.82. The molecule has 0 saturated carbocycles. The zero-order valence-corrected chi connectivity index (χ0v) is 23.1. The minimum Gasteiger partial charge on any atom is -0.489 e. The molecule has 3 aromatic carbocycles. The Kier molecular flexibility index (Phi) is 9.07. The number of carboxylic acids is 2. The van der Waals surface area contributed by atoms with Crippen molar-refractivity contribution >= 4 is 23.5 Å². The summed E-state index contributed by atoms with van der Waals surface area (Å²) in [6.07, 6.45) is 0.264. The van der Waals surface area contributed by atoms with Crippen LogP contribution in [0.1, 0.15) is 96.9 Å². The SMILES string of the molecule is Cc1cccc(Cc2ccc(C(=O)O)cc2C(=O)O)c1COc1ccc(C(=O)C(C)C)c(C(=O)C(C)C)c1C. The van der Waals surface area contributed by atoms with Crippen molar-refractivity contribution in [3.63, 3.8) is 0 Å². The Bertz CT molecular complexity index is 1450. The van der Waals surface area contributed by atoms with Gasteiger partial charge in [-0.05, 0) is 66.8 Å². The van der Waals surface area contributed by atoms with E-state index in [4.69, 9.17) is 4.74 Å². The van der Waals surface area contributed by atoms with E-state index in [2.05, 4.69) is 0 Å². The van der Waals surface area contributed by atoms with Gasteiger partial charge in [-0.15, -0.1) is 0 Å². The molecule has 0 aliphatic heterocycles. The summed E-state index contributed by atoms with van der Waals surface area (Å²) in [5.41, 5.74) is 4.34. The molecule has 0 aliphatic rings. The maximum atomic E-state index is 13.1. The van der Waals surface area contributed by atoms with Gasteiger partial charge in [0.15, 0.2) is 11.6 Å². The molecule has 0 atom stereocenters. The second-order valence-corrected chi connectivity index (χ2v) is 10.3. The molecule has 0 saturated heterocycles. The van der Waals surface area contributed by atoms with Crippen LogP contribution in [0.4, 0.5) is 0 Å². The number of hydrogen-bond donors (Lipinski definition) is 2. The maximum absolute atomic E-state index is 13.1. The first-order chi connectivity index (χ1) is 18.3. The predicted octanol–water partition coefficient (Wildman–Crippen LogP) is 6.55. The first-order valence-corrected chi connectivity index (χ1v) is 12.8. The molecule has 7 nitrogen and oxygen atoms in total. The van der Waals surface area contributed by atoms with E-state index in [-0.39, 0.29) is 47.6 Å². The molecule has 0 bridgehead atoms. The summed E-state index contributed by atoms with van der Waals surface area (Å²) in [7, 11) is 0. The lowest BCUT2D eigenvalue weighted by Crippen LogP contribution is -2.19. The Hall–Kier alpha value is -4.26. The Morgan fingerprint density at radius 3 is 2.03 bits per heavy atom. The number of carbonyl (C=O) groups excluding carboxylic acids is 2. The summed E-state index contributed by atoms with van der Waals surface area (Å²) in [6.45, 7) is 11.1. The van der Waals surface area contributed by atoms with Crippen molar-refractivity contribution in [2.24, 2.45) is 11.8 Å². The van der Waals surface area contributed by atoms with Crippen LogP contribution < -0.4 is 4.74 Å². The van der Waals surface area contributed by atoms with Gasteiger partial charge >= 0.3 is 11.9 Å². The molecule has 0 unspecified atom stereocenters. The van der Waals surface area contributed by atoms with Crippen LogP contribution in [0.25, 0.3) is 0 Å². The molecule has 204 valence electrons. The highest BCUT2D eigenvalue weighted by Gasteiger charge is 2.25. The summed E-state index contributed by atoms with van der Waals surface area (Å²) in [5.74, 6) is -2.68. The molecule has 0 spiro atoms. The fourth-order valence-electron chi connectivity index (χ4n) is 4.52. The second kappa shape index (κ2) is 12.1. The molecule has 3 rings (SSSR count). The van der Waals surface area contributed by atoms with E-state index < -0.39 is 11.9 Å². The van der Waals surface area contributed by atoms with Crippen molar-refractivity contribution in [1.29, 1.82) is 0 Å². The van der Waals surface area contributed by atoms with Gasteiger partial charge in [-0.25, -0.2) is 9.59 Å². The molecule has 0 amide bonds. The lowest BCUT2D eigenvalue weighted by atomic mass is 9.87. The summed E-state index contributed by atoms with van der Waals surface area (Å²) in [4.78, 5) is 49.2. The molecule has 0 radical (unpaired) electrons. The fraction of sp³-hybridized carbons (Fsp3) is 0.312. The average molecular weight is 531 g/mol. The van der Waals surface area contributed by atoms with Gasteiger partial charge in [0.1, 0.15) is 12.4 Å². The minimum absolute atomic E-state index is 0.0682. The van der Waals surface area contributed by atoms with E-state index in [1.807, 2.05) is 25.1 Å². The molecule has 0 aliphatic carbocycles. The van der Waals surface area contributed by atoms with Crippen molar-refractivity contribution in [3.8, 4) is 5.75 Å². The van der Waals surface area contributed by atoms with E-state index in [1.54, 1.807) is 46.8 Å². The van der Waals surface area contributed by atoms with Crippen LogP contribution in [0, 0.1) is 25.7 Å². The molecule has 7 heteroatoms. The van der Waals surface area contributed by atoms with E-state index in [1.165, 1.54) is 18.2 Å². The van der Waals surface area contributed by atoms with Gasteiger partial charge in [-0.2, -0.15) is 0 Å². The van der Waals surface area contributed by atoms with E-state index in [9.17, 15) is 29.4 Å². The van der Waals surface area contributed by atoms with Gasteiger partial charge in [0.2, 0.25) is 0 Å². The molecule has 39 heavy (non-hydrogen) atoms. The van der Waals surface area contributed by atoms with Crippen LogP contribution in [0.5, 0.6) is 5.75 Å². The summed E-state index contributed by atoms with van der Waals surface area (Å²) >= 11 is 0. The Labute approximate surface area is 228 Å². The van der Waals surface area contributed by atoms with Crippen molar-refractivity contribution in [2.45, 2.75) is 54.6 Å². The first-order valence-electron chi connectivity index (χ1n) is 12.8. The van der Waals surface area contributed by atoms with Gasteiger partial charge < -0.3 is 14.9 Å². The third-order valence-corrected chi connectivity index (χ3v) is 6.82. The number of rotatable bonds is 11. The number of ether oxygens (including phenoxy) is 1. The predicted molar refractivity (Wildman–Crippen MR) is 148 cm³/mol. The van der Waals surface area contributed by atoms with Crippen molar-refractivity contribution in [1.82, 2.24) is 0 Å². The van der Waals surface area contributed by atoms with Crippen molar-refractivity contribution in [3.05, 3.63) is 98.6 Å². The molecular formula is C32H34O7. The summed E-state index contributed by atoms with van der Waals surface area (Å²) in [5, 5.41) is 19.0. The van der Waals surface area contributed by atoms with Crippen LogP contribution >= 0.6 is 0 Å². The molecule has 2 N–H and O–H groups in total. The minimum atomic E-state index is -1.20. The van der Waals surface area contributed by atoms with Crippen LogP contribution in [-0.2, 0) is 13.0 Å². The lowest BCUT2D eigenvalue weighted by molar-refractivity contribution is 0.0695. The van der Waals surface area contributed by atoms with Gasteiger partial charge in [-0.1, -0.05) is 52.0 Å². The number of benzene rings is 3. The standard InChI is InChI=1S/C32H34O7/c1-17(2)29(33)24-12-13-27(20(6)28(24)30(34)18(3)4)39-16-26-19(5)8-7-9-21(26)14-22-10-11-23(31(35)36)15-25(22)32(37)38/h7-13,15,17-18H,14,16H2,1-6H3,(H,35,36)(H,37,38). The Morgan fingerprint density at radius 1 is 0.769 bits per heavy atom. The molecular weight excluding hydrogens is 496 g/mol. The fourth-order valence-corrected chi connectivity index (χ4v) is 4.52. The van der Waals surface area contributed by atoms with Crippen LogP contribution in [0.15, 0.2) is 48.5 Å². The molecule has 3 aromatic rings. The summed E-state index contributed by atoms with van der Waals surface area (Å²) in [6, 6.07) is 13.1. The van der Waals surface area contributed by atoms with E-state index in [0.717, 1.165) is 16.7 Å². The maximum Gasteiger partial charge on any atom is 0.336 e. The highest BCUT2D eigenvalue weighted by atomic mass is 16.5. The van der Waals surface area contributed by atoms with E-state index in [0.29, 0.717) is 28.0 Å². The quantitative estimate of drug-likeness (QED) is 0.270. The van der Waals surface area contributed by atoms with Crippen LogP contribution in [0.3, 0.4) is 0 Å². The highest BCUT2D eigenvalue weighted by Crippen LogP contribution is 2.30. The topological polar surface area (TPSA) is 118 Å².